The average molecular weight is 257 g/mol. The first-order chi connectivity index (χ1) is 9.10. The molecule has 0 aliphatic carbocycles. The van der Waals surface area contributed by atoms with Gasteiger partial charge in [0, 0.05) is 19.1 Å². The Bertz CT molecular complexity index is 473. The van der Waals surface area contributed by atoms with Crippen LogP contribution >= 0.6 is 0 Å². The molecule has 3 heteroatoms. The standard InChI is InChI=1S/C16H23N3/c1-13-9-14(10-17)6-7-15(13)11-19-8-4-5-16(19)12-18(2)3/h6-7,9,16H,4-5,8,11-12H2,1-3H3. The van der Waals surface area contributed by atoms with Crippen molar-refractivity contribution in [1.82, 2.24) is 9.80 Å². The number of nitriles is 1. The minimum absolute atomic E-state index is 0.671. The Balaban J connectivity index is 2.06. The molecule has 0 spiro atoms. The molecule has 0 saturated carbocycles. The normalized spacial score (nSPS) is 19.8. The fraction of sp³-hybridized carbons (Fsp3) is 0.562. The quantitative estimate of drug-likeness (QED) is 0.829. The van der Waals surface area contributed by atoms with E-state index in [1.807, 2.05) is 12.1 Å². The van der Waals surface area contributed by atoms with Gasteiger partial charge in [-0.05, 0) is 63.7 Å². The largest absolute Gasteiger partial charge is 0.308 e. The SMILES string of the molecule is Cc1cc(C#N)ccc1CN1CCCC1CN(C)C. The fourth-order valence-corrected chi connectivity index (χ4v) is 2.89. The lowest BCUT2D eigenvalue weighted by molar-refractivity contribution is 0.201. The third-order valence-electron chi connectivity index (χ3n) is 3.92. The molecule has 1 aromatic rings. The molecule has 1 aliphatic heterocycles. The van der Waals surface area contributed by atoms with Gasteiger partial charge in [0.2, 0.25) is 0 Å². The highest BCUT2D eigenvalue weighted by Gasteiger charge is 2.25. The van der Waals surface area contributed by atoms with Crippen molar-refractivity contribution in [3.05, 3.63) is 34.9 Å². The Morgan fingerprint density at radius 2 is 2.21 bits per heavy atom. The van der Waals surface area contributed by atoms with Crippen molar-refractivity contribution in [3.8, 4) is 6.07 Å². The van der Waals surface area contributed by atoms with Crippen LogP contribution in [-0.2, 0) is 6.54 Å². The number of likely N-dealkylation sites (tertiary alicyclic amines) is 1. The minimum atomic E-state index is 0.671. The summed E-state index contributed by atoms with van der Waals surface area (Å²) in [7, 11) is 4.28. The van der Waals surface area contributed by atoms with Crippen molar-refractivity contribution >= 4 is 0 Å². The van der Waals surface area contributed by atoms with Crippen molar-refractivity contribution in [2.24, 2.45) is 0 Å². The predicted octanol–water partition coefficient (Wildman–Crippen LogP) is 2.39. The molecule has 1 atom stereocenters. The number of hydrogen-bond donors (Lipinski definition) is 0. The molecule has 0 radical (unpaired) electrons. The van der Waals surface area contributed by atoms with E-state index in [1.54, 1.807) is 0 Å². The maximum Gasteiger partial charge on any atom is 0.0991 e. The first kappa shape index (κ1) is 14.0. The first-order valence-electron chi connectivity index (χ1n) is 6.98. The van der Waals surface area contributed by atoms with Crippen molar-refractivity contribution in [3.63, 3.8) is 0 Å². The molecule has 1 aliphatic rings. The molecule has 0 N–H and O–H groups in total. The van der Waals surface area contributed by atoms with Gasteiger partial charge in [0.05, 0.1) is 11.6 Å². The van der Waals surface area contributed by atoms with Gasteiger partial charge in [-0.2, -0.15) is 5.26 Å². The lowest BCUT2D eigenvalue weighted by Crippen LogP contribution is -2.37. The van der Waals surface area contributed by atoms with E-state index in [2.05, 4.69) is 43.0 Å². The van der Waals surface area contributed by atoms with E-state index in [4.69, 9.17) is 5.26 Å². The summed E-state index contributed by atoms with van der Waals surface area (Å²) >= 11 is 0. The topological polar surface area (TPSA) is 30.3 Å². The van der Waals surface area contributed by atoms with Crippen LogP contribution in [0.1, 0.15) is 29.5 Å². The van der Waals surface area contributed by atoms with Crippen LogP contribution in [0.4, 0.5) is 0 Å². The van der Waals surface area contributed by atoms with E-state index in [0.717, 1.165) is 18.7 Å². The van der Waals surface area contributed by atoms with Gasteiger partial charge in [-0.25, -0.2) is 0 Å². The molecule has 0 bridgehead atoms. The highest BCUT2D eigenvalue weighted by Crippen LogP contribution is 2.22. The van der Waals surface area contributed by atoms with E-state index in [0.29, 0.717) is 6.04 Å². The molecule has 1 fully saturated rings. The Hall–Kier alpha value is -1.37. The number of aryl methyl sites for hydroxylation is 1. The monoisotopic (exact) mass is 257 g/mol. The summed E-state index contributed by atoms with van der Waals surface area (Å²) in [6, 6.07) is 8.91. The molecule has 1 unspecified atom stereocenters. The molecule has 3 nitrogen and oxygen atoms in total. The number of nitrogens with zero attached hydrogens (tertiary/aromatic N) is 3. The summed E-state index contributed by atoms with van der Waals surface area (Å²) in [5.74, 6) is 0. The Morgan fingerprint density at radius 3 is 2.84 bits per heavy atom. The van der Waals surface area contributed by atoms with Crippen LogP contribution in [0.5, 0.6) is 0 Å². The number of benzene rings is 1. The molecule has 2 rings (SSSR count). The highest BCUT2D eigenvalue weighted by molar-refractivity contribution is 5.37. The number of likely N-dealkylation sites (N-methyl/N-ethyl adjacent to an activating group) is 1. The molecule has 0 amide bonds. The van der Waals surface area contributed by atoms with Gasteiger partial charge in [-0.1, -0.05) is 6.07 Å². The number of rotatable bonds is 4. The van der Waals surface area contributed by atoms with Gasteiger partial charge in [-0.3, -0.25) is 4.90 Å². The molecule has 1 saturated heterocycles. The van der Waals surface area contributed by atoms with Crippen LogP contribution in [0.2, 0.25) is 0 Å². The summed E-state index contributed by atoms with van der Waals surface area (Å²) < 4.78 is 0. The summed E-state index contributed by atoms with van der Waals surface area (Å²) in [6.45, 7) is 5.44. The Kier molecular flexibility index (Phi) is 4.57. The van der Waals surface area contributed by atoms with Crippen LogP contribution < -0.4 is 0 Å². The maximum absolute atomic E-state index is 8.91. The Labute approximate surface area is 116 Å². The zero-order chi connectivity index (χ0) is 13.8. The lowest BCUT2D eigenvalue weighted by Gasteiger charge is -2.27. The zero-order valence-corrected chi connectivity index (χ0v) is 12.2. The Morgan fingerprint density at radius 1 is 1.42 bits per heavy atom. The van der Waals surface area contributed by atoms with E-state index in [1.165, 1.54) is 30.5 Å². The second kappa shape index (κ2) is 6.18. The van der Waals surface area contributed by atoms with E-state index in [9.17, 15) is 0 Å². The van der Waals surface area contributed by atoms with Crippen molar-refractivity contribution in [2.45, 2.75) is 32.4 Å². The smallest absolute Gasteiger partial charge is 0.0991 e. The van der Waals surface area contributed by atoms with Crippen LogP contribution in [0.25, 0.3) is 0 Å². The van der Waals surface area contributed by atoms with Crippen LogP contribution in [0, 0.1) is 18.3 Å². The van der Waals surface area contributed by atoms with Gasteiger partial charge in [0.1, 0.15) is 0 Å². The maximum atomic E-state index is 8.91. The predicted molar refractivity (Wildman–Crippen MR) is 77.9 cm³/mol. The molecular formula is C16H23N3. The second-order valence-corrected chi connectivity index (χ2v) is 5.78. The van der Waals surface area contributed by atoms with Gasteiger partial charge in [-0.15, -0.1) is 0 Å². The minimum Gasteiger partial charge on any atom is -0.308 e. The molecule has 102 valence electrons. The first-order valence-corrected chi connectivity index (χ1v) is 6.98. The third kappa shape index (κ3) is 3.56. The lowest BCUT2D eigenvalue weighted by atomic mass is 10.0. The molecule has 0 aromatic heterocycles. The van der Waals surface area contributed by atoms with E-state index >= 15 is 0 Å². The fourth-order valence-electron chi connectivity index (χ4n) is 2.89. The molecule has 19 heavy (non-hydrogen) atoms. The van der Waals surface area contributed by atoms with Crippen molar-refractivity contribution < 1.29 is 0 Å². The summed E-state index contributed by atoms with van der Waals surface area (Å²) in [5.41, 5.74) is 3.34. The summed E-state index contributed by atoms with van der Waals surface area (Å²) in [5, 5.41) is 8.91. The van der Waals surface area contributed by atoms with Crippen LogP contribution in [-0.4, -0.2) is 43.0 Å². The third-order valence-corrected chi connectivity index (χ3v) is 3.92. The van der Waals surface area contributed by atoms with Gasteiger partial charge >= 0.3 is 0 Å². The number of hydrogen-bond acceptors (Lipinski definition) is 3. The molecule has 1 aromatic carbocycles. The van der Waals surface area contributed by atoms with Crippen LogP contribution in [0.15, 0.2) is 18.2 Å². The van der Waals surface area contributed by atoms with E-state index in [-0.39, 0.29) is 0 Å². The van der Waals surface area contributed by atoms with Crippen molar-refractivity contribution in [2.75, 3.05) is 27.2 Å². The second-order valence-electron chi connectivity index (χ2n) is 5.78. The summed E-state index contributed by atoms with van der Waals surface area (Å²) in [6.07, 6.45) is 2.60. The molecular weight excluding hydrogens is 234 g/mol. The van der Waals surface area contributed by atoms with Gasteiger partial charge in [0.15, 0.2) is 0 Å². The van der Waals surface area contributed by atoms with Gasteiger partial charge in [0.25, 0.3) is 0 Å². The molecule has 1 heterocycles. The average Bonchev–Trinajstić information content (AvgIpc) is 2.78. The summed E-state index contributed by atoms with van der Waals surface area (Å²) in [4.78, 5) is 4.85. The van der Waals surface area contributed by atoms with Crippen molar-refractivity contribution in [1.29, 1.82) is 5.26 Å². The highest BCUT2D eigenvalue weighted by atomic mass is 15.2. The van der Waals surface area contributed by atoms with Gasteiger partial charge < -0.3 is 4.90 Å². The van der Waals surface area contributed by atoms with Crippen LogP contribution in [0.3, 0.4) is 0 Å². The zero-order valence-electron chi connectivity index (χ0n) is 12.2. The van der Waals surface area contributed by atoms with E-state index < -0.39 is 0 Å².